The van der Waals surface area contributed by atoms with Crippen LogP contribution in [0.25, 0.3) is 0 Å². The molecule has 0 aromatic heterocycles. The first-order chi connectivity index (χ1) is 12.2. The lowest BCUT2D eigenvalue weighted by Gasteiger charge is -2.29. The Morgan fingerprint density at radius 3 is 2.64 bits per heavy atom. The third-order valence-electron chi connectivity index (χ3n) is 4.35. The van der Waals surface area contributed by atoms with Crippen LogP contribution in [0.3, 0.4) is 0 Å². The number of fused-ring (bicyclic) bond motifs is 1. The Balaban J connectivity index is 1.31. The number of halogens is 1. The van der Waals surface area contributed by atoms with Crippen LogP contribution in [0.5, 0.6) is 5.75 Å². The number of hydrogen-bond acceptors (Lipinski definition) is 2. The van der Waals surface area contributed by atoms with Gasteiger partial charge in [0.15, 0.2) is 0 Å². The van der Waals surface area contributed by atoms with Crippen LogP contribution in [-0.4, -0.2) is 30.6 Å². The molecule has 2 aromatic carbocycles. The van der Waals surface area contributed by atoms with E-state index in [0.29, 0.717) is 25.4 Å². The number of unbranched alkanes of at least 4 members (excludes halogenated alkanes) is 1. The number of benzene rings is 2. The summed E-state index contributed by atoms with van der Waals surface area (Å²) in [6.45, 7) is 2.62. The van der Waals surface area contributed by atoms with Gasteiger partial charge < -0.3 is 15.0 Å². The van der Waals surface area contributed by atoms with Gasteiger partial charge in [-0.3, -0.25) is 0 Å². The molecular formula is C20H23FN2O2. The zero-order valence-corrected chi connectivity index (χ0v) is 14.2. The SMILES string of the molecule is O=C(NCCCCOc1ccc(F)cc1)N1CCc2ccccc2C1. The van der Waals surface area contributed by atoms with Crippen molar-refractivity contribution >= 4 is 6.03 Å². The van der Waals surface area contributed by atoms with E-state index in [4.69, 9.17) is 4.74 Å². The summed E-state index contributed by atoms with van der Waals surface area (Å²) in [4.78, 5) is 14.1. The Morgan fingerprint density at radius 2 is 1.84 bits per heavy atom. The largest absolute Gasteiger partial charge is 0.494 e. The van der Waals surface area contributed by atoms with Gasteiger partial charge in [-0.05, 0) is 54.7 Å². The summed E-state index contributed by atoms with van der Waals surface area (Å²) in [7, 11) is 0. The first-order valence-corrected chi connectivity index (χ1v) is 8.70. The van der Waals surface area contributed by atoms with Gasteiger partial charge in [0.1, 0.15) is 11.6 Å². The Bertz CT molecular complexity index is 703. The molecule has 132 valence electrons. The molecule has 4 nitrogen and oxygen atoms in total. The molecule has 2 aromatic rings. The minimum Gasteiger partial charge on any atom is -0.494 e. The van der Waals surface area contributed by atoms with E-state index >= 15 is 0 Å². The monoisotopic (exact) mass is 342 g/mol. The maximum absolute atomic E-state index is 12.8. The fourth-order valence-electron chi connectivity index (χ4n) is 2.92. The van der Waals surface area contributed by atoms with Crippen molar-refractivity contribution in [2.45, 2.75) is 25.8 Å². The predicted octanol–water partition coefficient (Wildman–Crippen LogP) is 3.75. The molecule has 25 heavy (non-hydrogen) atoms. The van der Waals surface area contributed by atoms with Crippen molar-refractivity contribution in [2.75, 3.05) is 19.7 Å². The second-order valence-electron chi connectivity index (χ2n) is 6.18. The number of carbonyl (C=O) groups excluding carboxylic acids is 1. The summed E-state index contributed by atoms with van der Waals surface area (Å²) in [5.41, 5.74) is 2.57. The van der Waals surface area contributed by atoms with Crippen molar-refractivity contribution in [2.24, 2.45) is 0 Å². The molecule has 0 unspecified atom stereocenters. The highest BCUT2D eigenvalue weighted by Gasteiger charge is 2.19. The number of hydrogen-bond donors (Lipinski definition) is 1. The van der Waals surface area contributed by atoms with Crippen molar-refractivity contribution in [3.8, 4) is 5.75 Å². The van der Waals surface area contributed by atoms with Crippen molar-refractivity contribution in [3.05, 3.63) is 65.5 Å². The summed E-state index contributed by atoms with van der Waals surface area (Å²) in [6, 6.07) is 14.3. The fraction of sp³-hybridized carbons (Fsp3) is 0.350. The molecule has 0 bridgehead atoms. The number of ether oxygens (including phenoxy) is 1. The van der Waals surface area contributed by atoms with Gasteiger partial charge in [-0.2, -0.15) is 0 Å². The normalized spacial score (nSPS) is 13.2. The lowest BCUT2D eigenvalue weighted by Crippen LogP contribution is -2.43. The zero-order chi connectivity index (χ0) is 17.5. The van der Waals surface area contributed by atoms with Crippen LogP contribution in [0.15, 0.2) is 48.5 Å². The van der Waals surface area contributed by atoms with Gasteiger partial charge in [0.25, 0.3) is 0 Å². The Morgan fingerprint density at radius 1 is 1.08 bits per heavy atom. The standard InChI is InChI=1S/C20H23FN2O2/c21-18-7-9-19(10-8-18)25-14-4-3-12-22-20(24)23-13-11-16-5-1-2-6-17(16)15-23/h1-2,5-10H,3-4,11-15H2,(H,22,24). The highest BCUT2D eigenvalue weighted by molar-refractivity contribution is 5.74. The number of urea groups is 1. The number of nitrogens with one attached hydrogen (secondary N) is 1. The summed E-state index contributed by atoms with van der Waals surface area (Å²) in [6.07, 6.45) is 2.59. The van der Waals surface area contributed by atoms with E-state index in [0.717, 1.165) is 25.8 Å². The molecule has 0 fully saturated rings. The van der Waals surface area contributed by atoms with Gasteiger partial charge in [-0.15, -0.1) is 0 Å². The van der Waals surface area contributed by atoms with Crippen molar-refractivity contribution in [1.82, 2.24) is 10.2 Å². The molecule has 1 N–H and O–H groups in total. The summed E-state index contributed by atoms with van der Waals surface area (Å²) in [5.74, 6) is 0.396. The topological polar surface area (TPSA) is 41.6 Å². The average Bonchev–Trinajstić information content (AvgIpc) is 2.65. The van der Waals surface area contributed by atoms with E-state index in [2.05, 4.69) is 17.4 Å². The third-order valence-corrected chi connectivity index (χ3v) is 4.35. The molecule has 0 atom stereocenters. The minimum absolute atomic E-state index is 0.00560. The summed E-state index contributed by atoms with van der Waals surface area (Å²) < 4.78 is 18.3. The van der Waals surface area contributed by atoms with Crippen LogP contribution in [0.2, 0.25) is 0 Å². The van der Waals surface area contributed by atoms with Gasteiger partial charge in [0.2, 0.25) is 0 Å². The first kappa shape index (κ1) is 17.3. The molecule has 0 saturated carbocycles. The summed E-state index contributed by atoms with van der Waals surface area (Å²) in [5, 5.41) is 2.97. The first-order valence-electron chi connectivity index (χ1n) is 8.70. The second kappa shape index (κ2) is 8.51. The van der Waals surface area contributed by atoms with Crippen LogP contribution >= 0.6 is 0 Å². The smallest absolute Gasteiger partial charge is 0.317 e. The van der Waals surface area contributed by atoms with E-state index in [9.17, 15) is 9.18 Å². The molecule has 3 rings (SSSR count). The van der Waals surface area contributed by atoms with E-state index < -0.39 is 0 Å². The van der Waals surface area contributed by atoms with Crippen molar-refractivity contribution in [3.63, 3.8) is 0 Å². The molecule has 1 heterocycles. The van der Waals surface area contributed by atoms with E-state index in [-0.39, 0.29) is 11.8 Å². The Hall–Kier alpha value is -2.56. The lowest BCUT2D eigenvalue weighted by atomic mass is 10.0. The average molecular weight is 342 g/mol. The van der Waals surface area contributed by atoms with E-state index in [1.54, 1.807) is 12.1 Å². The lowest BCUT2D eigenvalue weighted by molar-refractivity contribution is 0.192. The highest BCUT2D eigenvalue weighted by Crippen LogP contribution is 2.18. The van der Waals surface area contributed by atoms with Crippen molar-refractivity contribution in [1.29, 1.82) is 0 Å². The van der Waals surface area contributed by atoms with Crippen LogP contribution in [0, 0.1) is 5.82 Å². The predicted molar refractivity (Wildman–Crippen MR) is 95.1 cm³/mol. The number of rotatable bonds is 6. The van der Waals surface area contributed by atoms with Crippen LogP contribution < -0.4 is 10.1 Å². The fourth-order valence-corrected chi connectivity index (χ4v) is 2.92. The van der Waals surface area contributed by atoms with Crippen LogP contribution in [-0.2, 0) is 13.0 Å². The molecule has 5 heteroatoms. The van der Waals surface area contributed by atoms with Gasteiger partial charge in [0.05, 0.1) is 6.61 Å². The number of carbonyl (C=O) groups is 1. The molecule has 0 saturated heterocycles. The Labute approximate surface area is 147 Å². The molecule has 0 spiro atoms. The molecule has 0 radical (unpaired) electrons. The quantitative estimate of drug-likeness (QED) is 0.812. The maximum atomic E-state index is 12.8. The van der Waals surface area contributed by atoms with Gasteiger partial charge in [-0.25, -0.2) is 9.18 Å². The summed E-state index contributed by atoms with van der Waals surface area (Å²) >= 11 is 0. The zero-order valence-electron chi connectivity index (χ0n) is 14.2. The maximum Gasteiger partial charge on any atom is 0.317 e. The van der Waals surface area contributed by atoms with Gasteiger partial charge in [-0.1, -0.05) is 24.3 Å². The van der Waals surface area contributed by atoms with Crippen molar-refractivity contribution < 1.29 is 13.9 Å². The van der Waals surface area contributed by atoms with Gasteiger partial charge >= 0.3 is 6.03 Å². The van der Waals surface area contributed by atoms with Crippen LogP contribution in [0.4, 0.5) is 9.18 Å². The molecular weight excluding hydrogens is 319 g/mol. The third kappa shape index (κ3) is 4.95. The van der Waals surface area contributed by atoms with E-state index in [1.807, 2.05) is 17.0 Å². The number of nitrogens with zero attached hydrogens (tertiary/aromatic N) is 1. The highest BCUT2D eigenvalue weighted by atomic mass is 19.1. The molecule has 1 aliphatic heterocycles. The molecule has 2 amide bonds. The molecule has 1 aliphatic rings. The Kier molecular flexibility index (Phi) is 5.88. The molecule has 0 aliphatic carbocycles. The second-order valence-corrected chi connectivity index (χ2v) is 6.18. The minimum atomic E-state index is -0.268. The van der Waals surface area contributed by atoms with Crippen LogP contribution in [0.1, 0.15) is 24.0 Å². The van der Waals surface area contributed by atoms with Gasteiger partial charge in [0, 0.05) is 19.6 Å². The van der Waals surface area contributed by atoms with E-state index in [1.165, 1.54) is 23.3 Å². The number of amides is 2.